The Labute approximate surface area is 131 Å². The zero-order valence-electron chi connectivity index (χ0n) is 11.5. The largest absolute Gasteiger partial charge is 0.507 e. The molecule has 8 nitrogen and oxygen atoms in total. The fourth-order valence-electron chi connectivity index (χ4n) is 2.03. The molecular weight excluding hydrogens is 326 g/mol. The Balaban J connectivity index is 1.93. The van der Waals surface area contributed by atoms with Crippen LogP contribution in [-0.2, 0) is 10.0 Å². The van der Waals surface area contributed by atoms with Gasteiger partial charge in [-0.25, -0.2) is 13.2 Å². The number of sulfonamides is 1. The molecule has 0 aromatic heterocycles. The molecule has 9 heteroatoms. The molecule has 3 N–H and O–H groups in total. The molecule has 1 heterocycles. The summed E-state index contributed by atoms with van der Waals surface area (Å²) in [7, 11) is -4.02. The van der Waals surface area contributed by atoms with Crippen molar-refractivity contribution in [3.63, 3.8) is 0 Å². The summed E-state index contributed by atoms with van der Waals surface area (Å²) in [5.74, 6) is -1.03. The Morgan fingerprint density at radius 1 is 1.09 bits per heavy atom. The number of fused-ring (bicyclic) bond motifs is 1. The number of carboxylic acids is 1. The molecule has 0 saturated carbocycles. The molecule has 3 rings (SSSR count). The van der Waals surface area contributed by atoms with Gasteiger partial charge < -0.3 is 19.7 Å². The summed E-state index contributed by atoms with van der Waals surface area (Å²) in [5, 5.41) is 18.4. The highest BCUT2D eigenvalue weighted by Gasteiger charge is 2.20. The van der Waals surface area contributed by atoms with E-state index in [1.165, 1.54) is 12.1 Å². The molecule has 1 aliphatic rings. The second-order valence-corrected chi connectivity index (χ2v) is 6.34. The van der Waals surface area contributed by atoms with Crippen LogP contribution in [0.3, 0.4) is 0 Å². The number of hydrogen-bond acceptors (Lipinski definition) is 6. The summed E-state index contributed by atoms with van der Waals surface area (Å²) >= 11 is 0. The minimum Gasteiger partial charge on any atom is -0.507 e. The van der Waals surface area contributed by atoms with E-state index >= 15 is 0 Å². The van der Waals surface area contributed by atoms with Gasteiger partial charge in [0.25, 0.3) is 10.0 Å². The van der Waals surface area contributed by atoms with Gasteiger partial charge in [0.1, 0.15) is 11.3 Å². The van der Waals surface area contributed by atoms with Crippen molar-refractivity contribution in [2.45, 2.75) is 4.90 Å². The number of phenols is 1. The molecule has 2 aromatic rings. The molecule has 0 bridgehead atoms. The summed E-state index contributed by atoms with van der Waals surface area (Å²) in [6.45, 7) is 0.0610. The molecule has 0 fully saturated rings. The van der Waals surface area contributed by atoms with Gasteiger partial charge in [-0.05, 0) is 30.3 Å². The number of anilines is 1. The lowest BCUT2D eigenvalue weighted by Gasteiger charge is -2.10. The van der Waals surface area contributed by atoms with Crippen LogP contribution in [0.25, 0.3) is 0 Å². The second-order valence-electron chi connectivity index (χ2n) is 4.66. The molecule has 0 aliphatic carbocycles. The maximum absolute atomic E-state index is 12.3. The van der Waals surface area contributed by atoms with E-state index < -0.39 is 27.3 Å². The Bertz CT molecular complexity index is 892. The van der Waals surface area contributed by atoms with E-state index in [-0.39, 0.29) is 17.4 Å². The minimum atomic E-state index is -4.02. The third-order valence-corrected chi connectivity index (χ3v) is 4.51. The zero-order valence-corrected chi connectivity index (χ0v) is 12.3. The topological polar surface area (TPSA) is 122 Å². The summed E-state index contributed by atoms with van der Waals surface area (Å²) in [6.07, 6.45) is 0. The van der Waals surface area contributed by atoms with Gasteiger partial charge in [-0.3, -0.25) is 4.72 Å². The van der Waals surface area contributed by atoms with E-state index in [1.807, 2.05) is 0 Å². The Hall–Kier alpha value is -2.94. The first-order valence-electron chi connectivity index (χ1n) is 6.35. The number of carbonyl (C=O) groups is 1. The number of ether oxygens (including phenoxy) is 2. The molecule has 0 atom stereocenters. The van der Waals surface area contributed by atoms with Gasteiger partial charge in [0.2, 0.25) is 6.79 Å². The number of aromatic carboxylic acids is 1. The van der Waals surface area contributed by atoms with Crippen LogP contribution in [0.15, 0.2) is 41.3 Å². The van der Waals surface area contributed by atoms with E-state index in [9.17, 15) is 18.3 Å². The maximum atomic E-state index is 12.3. The lowest BCUT2D eigenvalue weighted by molar-refractivity contribution is 0.0693. The van der Waals surface area contributed by atoms with Crippen LogP contribution in [0.2, 0.25) is 0 Å². The summed E-state index contributed by atoms with van der Waals surface area (Å²) in [4.78, 5) is 10.7. The number of nitrogens with one attached hydrogen (secondary N) is 1. The molecule has 0 spiro atoms. The van der Waals surface area contributed by atoms with E-state index in [0.29, 0.717) is 11.5 Å². The van der Waals surface area contributed by atoms with Crippen LogP contribution in [-0.4, -0.2) is 31.4 Å². The van der Waals surface area contributed by atoms with Gasteiger partial charge in [0.15, 0.2) is 11.5 Å². The fraction of sp³-hybridized carbons (Fsp3) is 0.0714. The van der Waals surface area contributed by atoms with Crippen molar-refractivity contribution in [2.24, 2.45) is 0 Å². The maximum Gasteiger partial charge on any atom is 0.339 e. The lowest BCUT2D eigenvalue weighted by atomic mass is 10.2. The molecule has 0 radical (unpaired) electrons. The molecular formula is C14H11NO7S. The van der Waals surface area contributed by atoms with Gasteiger partial charge in [-0.15, -0.1) is 0 Å². The van der Waals surface area contributed by atoms with Crippen LogP contribution < -0.4 is 14.2 Å². The normalized spacial score (nSPS) is 12.9. The predicted octanol–water partition coefficient (Wildman–Crippen LogP) is 1.62. The number of carboxylic acid groups (broad SMARTS) is 1. The van der Waals surface area contributed by atoms with Crippen LogP contribution >= 0.6 is 0 Å². The first-order chi connectivity index (χ1) is 10.9. The van der Waals surface area contributed by atoms with Crippen molar-refractivity contribution in [3.8, 4) is 17.2 Å². The Morgan fingerprint density at radius 2 is 1.83 bits per heavy atom. The Kier molecular flexibility index (Phi) is 3.49. The minimum absolute atomic E-state index is 0.0610. The van der Waals surface area contributed by atoms with Crippen molar-refractivity contribution in [2.75, 3.05) is 11.5 Å². The Morgan fingerprint density at radius 3 is 2.57 bits per heavy atom. The first-order valence-corrected chi connectivity index (χ1v) is 7.84. The summed E-state index contributed by atoms with van der Waals surface area (Å²) in [6, 6.07) is 7.50. The SMILES string of the molecule is O=C(O)c1cc(S(=O)(=O)Nc2ccc3c(c2)OCO3)ccc1O. The second kappa shape index (κ2) is 5.36. The van der Waals surface area contributed by atoms with Gasteiger partial charge in [-0.2, -0.15) is 0 Å². The smallest absolute Gasteiger partial charge is 0.339 e. The average molecular weight is 337 g/mol. The average Bonchev–Trinajstić information content (AvgIpc) is 2.94. The number of benzene rings is 2. The van der Waals surface area contributed by atoms with E-state index in [1.54, 1.807) is 6.07 Å². The van der Waals surface area contributed by atoms with Crippen molar-refractivity contribution >= 4 is 21.7 Å². The van der Waals surface area contributed by atoms with E-state index in [4.69, 9.17) is 14.6 Å². The molecule has 0 unspecified atom stereocenters. The van der Waals surface area contributed by atoms with E-state index in [0.717, 1.165) is 18.2 Å². The van der Waals surface area contributed by atoms with Crippen molar-refractivity contribution < 1.29 is 32.9 Å². The predicted molar refractivity (Wildman–Crippen MR) is 78.4 cm³/mol. The highest BCUT2D eigenvalue weighted by atomic mass is 32.2. The highest BCUT2D eigenvalue weighted by molar-refractivity contribution is 7.92. The van der Waals surface area contributed by atoms with Crippen molar-refractivity contribution in [1.82, 2.24) is 0 Å². The molecule has 0 saturated heterocycles. The van der Waals surface area contributed by atoms with Crippen molar-refractivity contribution in [1.29, 1.82) is 0 Å². The third kappa shape index (κ3) is 2.86. The van der Waals surface area contributed by atoms with Crippen molar-refractivity contribution in [3.05, 3.63) is 42.0 Å². The van der Waals surface area contributed by atoms with Crippen LogP contribution in [0.4, 0.5) is 5.69 Å². The monoisotopic (exact) mass is 337 g/mol. The van der Waals surface area contributed by atoms with E-state index in [2.05, 4.69) is 4.72 Å². The lowest BCUT2D eigenvalue weighted by Crippen LogP contribution is -2.13. The quantitative estimate of drug-likeness (QED) is 0.775. The number of rotatable bonds is 4. The van der Waals surface area contributed by atoms with Crippen LogP contribution in [0, 0.1) is 0 Å². The van der Waals surface area contributed by atoms with Gasteiger partial charge in [-0.1, -0.05) is 0 Å². The zero-order chi connectivity index (χ0) is 16.6. The summed E-state index contributed by atoms with van der Waals surface area (Å²) in [5.41, 5.74) is -0.266. The number of hydrogen-bond donors (Lipinski definition) is 3. The molecule has 23 heavy (non-hydrogen) atoms. The van der Waals surface area contributed by atoms with Gasteiger partial charge >= 0.3 is 5.97 Å². The number of aromatic hydroxyl groups is 1. The molecule has 1 aliphatic heterocycles. The third-order valence-electron chi connectivity index (χ3n) is 3.13. The summed E-state index contributed by atoms with van der Waals surface area (Å²) < 4.78 is 37.3. The first kappa shape index (κ1) is 15.0. The standard InChI is InChI=1S/C14H11NO7S/c16-11-3-2-9(6-10(11)14(17)18)23(19,20)15-8-1-4-12-13(5-8)22-7-21-12/h1-6,15-16H,7H2,(H,17,18). The van der Waals surface area contributed by atoms with Crippen LogP contribution in [0.5, 0.6) is 17.2 Å². The highest BCUT2D eigenvalue weighted by Crippen LogP contribution is 2.35. The van der Waals surface area contributed by atoms with Gasteiger partial charge in [0.05, 0.1) is 10.6 Å². The van der Waals surface area contributed by atoms with Gasteiger partial charge in [0, 0.05) is 6.07 Å². The molecule has 0 amide bonds. The van der Waals surface area contributed by atoms with Crippen LogP contribution in [0.1, 0.15) is 10.4 Å². The molecule has 120 valence electrons. The fourth-order valence-corrected chi connectivity index (χ4v) is 3.10. The molecule has 2 aromatic carbocycles.